The van der Waals surface area contributed by atoms with Crippen LogP contribution in [0.5, 0.6) is 0 Å². The highest BCUT2D eigenvalue weighted by Gasteiger charge is 1.83. The maximum absolute atomic E-state index is 8.67. The van der Waals surface area contributed by atoms with Gasteiger partial charge in [-0.2, -0.15) is 4.21 Å². The third-order valence-corrected chi connectivity index (χ3v) is 1.41. The van der Waals surface area contributed by atoms with Gasteiger partial charge in [-0.15, -0.1) is 0 Å². The van der Waals surface area contributed by atoms with Gasteiger partial charge in [0.15, 0.2) is 0 Å². The van der Waals surface area contributed by atoms with Crippen molar-refractivity contribution in [2.24, 2.45) is 0 Å². The van der Waals surface area contributed by atoms with Crippen molar-refractivity contribution in [1.82, 2.24) is 5.32 Å². The lowest BCUT2D eigenvalue weighted by Gasteiger charge is -1.99. The van der Waals surface area contributed by atoms with Crippen LogP contribution in [0, 0.1) is 0 Å². The fraction of sp³-hybridized carbons (Fsp3) is 1.00. The number of hydrogen-bond acceptors (Lipinski definition) is 2. The molecule has 0 radical (unpaired) electrons. The Hall–Kier alpha value is 0.0300. The Morgan fingerprint density at radius 2 is 1.38 bits per heavy atom. The van der Waals surface area contributed by atoms with Gasteiger partial charge in [0.1, 0.15) is 0 Å². The van der Waals surface area contributed by atoms with E-state index in [1.54, 1.807) is 0 Å². The fourth-order valence-electron chi connectivity index (χ4n) is 0.729. The van der Waals surface area contributed by atoms with Gasteiger partial charge >= 0.3 is 0 Å². The van der Waals surface area contributed by atoms with E-state index in [0.717, 1.165) is 0 Å². The number of rotatable bonds is 6. The molecule has 0 saturated carbocycles. The zero-order valence-electron chi connectivity index (χ0n) is 8.45. The Balaban J connectivity index is 0. The lowest BCUT2D eigenvalue weighted by molar-refractivity contribution is 0.454. The van der Waals surface area contributed by atoms with Crippen LogP contribution in [-0.2, 0) is 11.4 Å². The summed E-state index contributed by atoms with van der Waals surface area (Å²) < 4.78 is 22.8. The van der Waals surface area contributed by atoms with E-state index in [9.17, 15) is 0 Å². The molecule has 0 unspecified atom stereocenters. The van der Waals surface area contributed by atoms with Crippen LogP contribution in [0.3, 0.4) is 0 Å². The molecule has 0 aliphatic rings. The first kappa shape index (κ1) is 15.5. The van der Waals surface area contributed by atoms with Gasteiger partial charge in [-0.05, 0) is 25.9 Å². The van der Waals surface area contributed by atoms with E-state index in [2.05, 4.69) is 19.2 Å². The zero-order valence-corrected chi connectivity index (χ0v) is 9.27. The Bertz CT molecular complexity index is 102. The van der Waals surface area contributed by atoms with Crippen LogP contribution in [0.15, 0.2) is 0 Å². The lowest BCUT2D eigenvalue weighted by Crippen LogP contribution is -2.15. The SMILES string of the molecule is CCCCNCCCC.O=S(O)O. The van der Waals surface area contributed by atoms with Crippen LogP contribution < -0.4 is 5.32 Å². The van der Waals surface area contributed by atoms with Crippen molar-refractivity contribution in [1.29, 1.82) is 0 Å². The molecular weight excluding hydrogens is 190 g/mol. The van der Waals surface area contributed by atoms with E-state index in [4.69, 9.17) is 13.3 Å². The Kier molecular flexibility index (Phi) is 17.3. The third-order valence-electron chi connectivity index (χ3n) is 1.41. The van der Waals surface area contributed by atoms with Crippen molar-refractivity contribution < 1.29 is 13.3 Å². The molecule has 0 aliphatic carbocycles. The van der Waals surface area contributed by atoms with E-state index < -0.39 is 11.4 Å². The minimum absolute atomic E-state index is 1.20. The molecule has 4 nitrogen and oxygen atoms in total. The Labute approximate surface area is 83.2 Å². The largest absolute Gasteiger partial charge is 0.317 e. The molecule has 0 saturated heterocycles. The summed E-state index contributed by atoms with van der Waals surface area (Å²) in [5, 5.41) is 3.39. The van der Waals surface area contributed by atoms with E-state index in [1.165, 1.54) is 38.8 Å². The molecule has 0 aromatic heterocycles. The van der Waals surface area contributed by atoms with Crippen molar-refractivity contribution in [2.45, 2.75) is 39.5 Å². The molecule has 0 aromatic rings. The van der Waals surface area contributed by atoms with Gasteiger partial charge in [0.05, 0.1) is 0 Å². The van der Waals surface area contributed by atoms with Gasteiger partial charge in [0.25, 0.3) is 11.4 Å². The summed E-state index contributed by atoms with van der Waals surface area (Å²) in [5.41, 5.74) is 0. The van der Waals surface area contributed by atoms with E-state index in [0.29, 0.717) is 0 Å². The summed E-state index contributed by atoms with van der Waals surface area (Å²) in [6.45, 7) is 6.86. The summed E-state index contributed by atoms with van der Waals surface area (Å²) in [6.07, 6.45) is 5.26. The quantitative estimate of drug-likeness (QED) is 0.463. The standard InChI is InChI=1S/C8H19N.H2O3S/c1-3-5-7-9-8-6-4-2;1-4(2)3/h9H,3-8H2,1-2H3;(H2,1,2,3). The van der Waals surface area contributed by atoms with E-state index in [1.807, 2.05) is 0 Å². The number of unbranched alkanes of at least 4 members (excludes halogenated alkanes) is 2. The predicted molar refractivity (Wildman–Crippen MR) is 56.1 cm³/mol. The highest BCUT2D eigenvalue weighted by molar-refractivity contribution is 7.73. The highest BCUT2D eigenvalue weighted by Crippen LogP contribution is 1.85. The van der Waals surface area contributed by atoms with Gasteiger partial charge in [-0.25, -0.2) is 0 Å². The average Bonchev–Trinajstić information content (AvgIpc) is 2.03. The number of hydrogen-bond donors (Lipinski definition) is 3. The Morgan fingerprint density at radius 1 is 1.08 bits per heavy atom. The molecule has 0 amide bonds. The molecule has 3 N–H and O–H groups in total. The van der Waals surface area contributed by atoms with Crippen molar-refractivity contribution in [3.05, 3.63) is 0 Å². The second-order valence-electron chi connectivity index (χ2n) is 2.69. The Morgan fingerprint density at radius 3 is 1.62 bits per heavy atom. The molecular formula is C8H21NO3S. The molecule has 0 aliphatic heterocycles. The molecule has 0 rings (SSSR count). The normalized spacial score (nSPS) is 9.62. The predicted octanol–water partition coefficient (Wildman–Crippen LogP) is 1.86. The highest BCUT2D eigenvalue weighted by atomic mass is 32.2. The minimum Gasteiger partial charge on any atom is -0.317 e. The van der Waals surface area contributed by atoms with Crippen molar-refractivity contribution in [2.75, 3.05) is 13.1 Å². The van der Waals surface area contributed by atoms with Crippen molar-refractivity contribution in [3.8, 4) is 0 Å². The second kappa shape index (κ2) is 14.5. The molecule has 5 heteroatoms. The summed E-state index contributed by atoms with van der Waals surface area (Å²) in [7, 11) is 0. The van der Waals surface area contributed by atoms with Crippen molar-refractivity contribution in [3.63, 3.8) is 0 Å². The molecule has 0 atom stereocenters. The maximum Gasteiger partial charge on any atom is 0.299 e. The summed E-state index contributed by atoms with van der Waals surface area (Å²) in [6, 6.07) is 0. The van der Waals surface area contributed by atoms with Crippen LogP contribution in [0.1, 0.15) is 39.5 Å². The fourth-order valence-corrected chi connectivity index (χ4v) is 0.729. The van der Waals surface area contributed by atoms with E-state index >= 15 is 0 Å². The monoisotopic (exact) mass is 211 g/mol. The third kappa shape index (κ3) is 33.3. The van der Waals surface area contributed by atoms with Crippen LogP contribution in [0.2, 0.25) is 0 Å². The molecule has 82 valence electrons. The van der Waals surface area contributed by atoms with Gasteiger partial charge in [-0.3, -0.25) is 9.11 Å². The topological polar surface area (TPSA) is 69.6 Å². The summed E-state index contributed by atoms with van der Waals surface area (Å²) >= 11 is -2.61. The van der Waals surface area contributed by atoms with Crippen molar-refractivity contribution >= 4 is 11.4 Å². The van der Waals surface area contributed by atoms with Gasteiger partial charge in [-0.1, -0.05) is 26.7 Å². The molecule has 0 fully saturated rings. The minimum atomic E-state index is -2.61. The molecule has 0 aromatic carbocycles. The van der Waals surface area contributed by atoms with Gasteiger partial charge in [0, 0.05) is 0 Å². The average molecular weight is 211 g/mol. The van der Waals surface area contributed by atoms with Crippen LogP contribution in [0.25, 0.3) is 0 Å². The van der Waals surface area contributed by atoms with Crippen LogP contribution >= 0.6 is 0 Å². The molecule has 13 heavy (non-hydrogen) atoms. The second-order valence-corrected chi connectivity index (χ2v) is 3.15. The van der Waals surface area contributed by atoms with Gasteiger partial charge in [0.2, 0.25) is 0 Å². The zero-order chi connectivity index (χ0) is 10.5. The maximum atomic E-state index is 8.67. The summed E-state index contributed by atoms with van der Waals surface area (Å²) in [5.74, 6) is 0. The first-order valence-corrected chi connectivity index (χ1v) is 5.72. The lowest BCUT2D eigenvalue weighted by atomic mass is 10.3. The van der Waals surface area contributed by atoms with Gasteiger partial charge < -0.3 is 5.32 Å². The summed E-state index contributed by atoms with van der Waals surface area (Å²) in [4.78, 5) is 0. The smallest absolute Gasteiger partial charge is 0.299 e. The molecule has 0 spiro atoms. The number of nitrogens with one attached hydrogen (secondary N) is 1. The van der Waals surface area contributed by atoms with Crippen LogP contribution in [-0.4, -0.2) is 26.4 Å². The van der Waals surface area contributed by atoms with E-state index in [-0.39, 0.29) is 0 Å². The first-order valence-electron chi connectivity index (χ1n) is 4.65. The van der Waals surface area contributed by atoms with Crippen LogP contribution in [0.4, 0.5) is 0 Å². The molecule has 0 heterocycles. The first-order chi connectivity index (χ1) is 6.15. The molecule has 0 bridgehead atoms.